The first kappa shape index (κ1) is 13.3. The lowest BCUT2D eigenvalue weighted by molar-refractivity contribution is 0.586. The summed E-state index contributed by atoms with van der Waals surface area (Å²) in [4.78, 5) is 0. The van der Waals surface area contributed by atoms with E-state index in [9.17, 15) is 0 Å². The highest BCUT2D eigenvalue weighted by Crippen LogP contribution is 2.09. The van der Waals surface area contributed by atoms with Gasteiger partial charge in [-0.2, -0.15) is 0 Å². The molecule has 0 rings (SSSR count). The summed E-state index contributed by atoms with van der Waals surface area (Å²) in [5.74, 6) is 1.27. The van der Waals surface area contributed by atoms with Gasteiger partial charge in [0.1, 0.15) is 0 Å². The van der Waals surface area contributed by atoms with Gasteiger partial charge in [0.2, 0.25) is 0 Å². The number of nitrogens with one attached hydrogen (secondary N) is 1. The molecule has 0 aliphatic rings. The lowest BCUT2D eigenvalue weighted by Gasteiger charge is -2.00. The third-order valence-corrected chi connectivity index (χ3v) is 3.03. The van der Waals surface area contributed by atoms with Gasteiger partial charge < -0.3 is 0 Å². The van der Waals surface area contributed by atoms with Gasteiger partial charge in [0.05, 0.1) is 0 Å². The maximum atomic E-state index is 3.10. The molecule has 0 bridgehead atoms. The Balaban J connectivity index is 2.76. The van der Waals surface area contributed by atoms with Crippen molar-refractivity contribution in [3.05, 3.63) is 0 Å². The van der Waals surface area contributed by atoms with Gasteiger partial charge >= 0.3 is 0 Å². The van der Waals surface area contributed by atoms with E-state index in [0.717, 1.165) is 0 Å². The molecule has 0 fully saturated rings. The number of rotatable bonds is 10. The third kappa shape index (κ3) is 12.3. The van der Waals surface area contributed by atoms with Crippen molar-refractivity contribution in [3.63, 3.8) is 0 Å². The van der Waals surface area contributed by atoms with Crippen molar-refractivity contribution in [2.45, 2.75) is 58.3 Å². The Morgan fingerprint density at radius 1 is 0.846 bits per heavy atom. The number of hydrogen-bond acceptors (Lipinski definition) is 2. The van der Waals surface area contributed by atoms with Crippen LogP contribution < -0.4 is 4.72 Å². The minimum Gasteiger partial charge on any atom is -0.267 e. The van der Waals surface area contributed by atoms with Crippen LogP contribution in [0.2, 0.25) is 0 Å². The topological polar surface area (TPSA) is 12.0 Å². The van der Waals surface area contributed by atoms with E-state index in [2.05, 4.69) is 11.6 Å². The average molecular weight is 203 g/mol. The minimum atomic E-state index is 1.27. The first-order valence-corrected chi connectivity index (χ1v) is 6.69. The van der Waals surface area contributed by atoms with E-state index in [-0.39, 0.29) is 0 Å². The Hall–Kier alpha value is 0.310. The summed E-state index contributed by atoms with van der Waals surface area (Å²) in [7, 11) is 2.00. The van der Waals surface area contributed by atoms with Crippen molar-refractivity contribution in [2.24, 2.45) is 0 Å². The quantitative estimate of drug-likeness (QED) is 0.425. The largest absolute Gasteiger partial charge is 0.267 e. The van der Waals surface area contributed by atoms with Crippen LogP contribution in [0.15, 0.2) is 0 Å². The highest BCUT2D eigenvalue weighted by molar-refractivity contribution is 7.97. The maximum Gasteiger partial charge on any atom is 0.00785 e. The molecule has 0 aliphatic carbocycles. The summed E-state index contributed by atoms with van der Waals surface area (Å²) in [6, 6.07) is 0. The zero-order valence-corrected chi connectivity index (χ0v) is 10.1. The van der Waals surface area contributed by atoms with Crippen LogP contribution in [-0.4, -0.2) is 12.8 Å². The van der Waals surface area contributed by atoms with Crippen LogP contribution in [0.3, 0.4) is 0 Å². The van der Waals surface area contributed by atoms with E-state index < -0.39 is 0 Å². The first-order valence-electron chi connectivity index (χ1n) is 5.70. The standard InChI is InChI=1S/C11H25NS/c1-3-4-5-6-7-8-9-10-11-13-12-2/h12H,3-11H2,1-2H3. The van der Waals surface area contributed by atoms with Crippen LogP contribution in [0.5, 0.6) is 0 Å². The Kier molecular flexibility index (Phi) is 12.6. The van der Waals surface area contributed by atoms with Gasteiger partial charge in [0, 0.05) is 5.75 Å². The van der Waals surface area contributed by atoms with Gasteiger partial charge in [-0.1, -0.05) is 63.8 Å². The molecule has 2 heteroatoms. The van der Waals surface area contributed by atoms with Crippen LogP contribution in [0.4, 0.5) is 0 Å². The summed E-state index contributed by atoms with van der Waals surface area (Å²) < 4.78 is 3.10. The SMILES string of the molecule is CCCCCCCCCCSNC. The van der Waals surface area contributed by atoms with E-state index in [1.165, 1.54) is 57.1 Å². The number of unbranched alkanes of at least 4 members (excludes halogenated alkanes) is 7. The van der Waals surface area contributed by atoms with E-state index in [1.807, 2.05) is 19.0 Å². The van der Waals surface area contributed by atoms with Gasteiger partial charge in [0.25, 0.3) is 0 Å². The molecule has 13 heavy (non-hydrogen) atoms. The zero-order chi connectivity index (χ0) is 9.78. The first-order chi connectivity index (χ1) is 6.41. The monoisotopic (exact) mass is 203 g/mol. The molecule has 1 N–H and O–H groups in total. The second-order valence-corrected chi connectivity index (χ2v) is 4.63. The van der Waals surface area contributed by atoms with Gasteiger partial charge in [0.15, 0.2) is 0 Å². The summed E-state index contributed by atoms with van der Waals surface area (Å²) >= 11 is 1.83. The molecule has 0 atom stereocenters. The van der Waals surface area contributed by atoms with E-state index in [1.54, 1.807) is 0 Å². The maximum absolute atomic E-state index is 3.10. The van der Waals surface area contributed by atoms with Crippen LogP contribution in [0.1, 0.15) is 58.3 Å². The smallest absolute Gasteiger partial charge is 0.00785 e. The Bertz CT molecular complexity index is 76.2. The summed E-state index contributed by atoms with van der Waals surface area (Å²) in [6.45, 7) is 2.27. The Morgan fingerprint density at radius 3 is 1.92 bits per heavy atom. The predicted molar refractivity (Wildman–Crippen MR) is 64.1 cm³/mol. The second kappa shape index (κ2) is 12.3. The van der Waals surface area contributed by atoms with Gasteiger partial charge in [-0.15, -0.1) is 0 Å². The Morgan fingerprint density at radius 2 is 1.38 bits per heavy atom. The van der Waals surface area contributed by atoms with E-state index in [4.69, 9.17) is 0 Å². The fraction of sp³-hybridized carbons (Fsp3) is 1.00. The molecule has 1 nitrogen and oxygen atoms in total. The molecule has 0 heterocycles. The zero-order valence-electron chi connectivity index (χ0n) is 9.27. The van der Waals surface area contributed by atoms with Gasteiger partial charge in [-0.05, 0) is 13.5 Å². The highest BCUT2D eigenvalue weighted by atomic mass is 32.2. The van der Waals surface area contributed by atoms with Crippen LogP contribution >= 0.6 is 11.9 Å². The fourth-order valence-electron chi connectivity index (χ4n) is 1.41. The molecule has 0 aromatic rings. The molecule has 0 unspecified atom stereocenters. The van der Waals surface area contributed by atoms with Crippen molar-refractivity contribution < 1.29 is 0 Å². The van der Waals surface area contributed by atoms with E-state index >= 15 is 0 Å². The molecule has 0 saturated heterocycles. The van der Waals surface area contributed by atoms with Crippen molar-refractivity contribution in [3.8, 4) is 0 Å². The van der Waals surface area contributed by atoms with Crippen LogP contribution in [-0.2, 0) is 0 Å². The third-order valence-electron chi connectivity index (χ3n) is 2.24. The van der Waals surface area contributed by atoms with Crippen molar-refractivity contribution >= 4 is 11.9 Å². The minimum absolute atomic E-state index is 1.27. The molecule has 0 spiro atoms. The highest BCUT2D eigenvalue weighted by Gasteiger charge is 1.91. The average Bonchev–Trinajstić information content (AvgIpc) is 2.16. The Labute approximate surface area is 88.2 Å². The molecular formula is C11H25NS. The second-order valence-electron chi connectivity index (χ2n) is 3.53. The summed E-state index contributed by atoms with van der Waals surface area (Å²) in [5.41, 5.74) is 0. The molecule has 0 amide bonds. The normalized spacial score (nSPS) is 10.6. The van der Waals surface area contributed by atoms with Crippen molar-refractivity contribution in [2.75, 3.05) is 12.8 Å². The predicted octanol–water partition coefficient (Wildman–Crippen LogP) is 3.99. The number of hydrogen-bond donors (Lipinski definition) is 1. The van der Waals surface area contributed by atoms with Crippen LogP contribution in [0.25, 0.3) is 0 Å². The molecule has 0 saturated carbocycles. The lowest BCUT2D eigenvalue weighted by atomic mass is 10.1. The van der Waals surface area contributed by atoms with E-state index in [0.29, 0.717) is 0 Å². The molecule has 80 valence electrons. The van der Waals surface area contributed by atoms with Crippen molar-refractivity contribution in [1.82, 2.24) is 4.72 Å². The molecule has 0 aliphatic heterocycles. The molecule has 0 radical (unpaired) electrons. The van der Waals surface area contributed by atoms with Gasteiger partial charge in [-0.3, -0.25) is 4.72 Å². The molecule has 0 aromatic heterocycles. The fourth-order valence-corrected chi connectivity index (χ4v) is 1.96. The lowest BCUT2D eigenvalue weighted by Crippen LogP contribution is -1.93. The van der Waals surface area contributed by atoms with Gasteiger partial charge in [-0.25, -0.2) is 0 Å². The molecular weight excluding hydrogens is 178 g/mol. The summed E-state index contributed by atoms with van der Waals surface area (Å²) in [6.07, 6.45) is 11.4. The van der Waals surface area contributed by atoms with Crippen molar-refractivity contribution in [1.29, 1.82) is 0 Å². The summed E-state index contributed by atoms with van der Waals surface area (Å²) in [5, 5.41) is 0. The van der Waals surface area contributed by atoms with Crippen LogP contribution in [0, 0.1) is 0 Å². The molecule has 0 aromatic carbocycles.